The van der Waals surface area contributed by atoms with Crippen LogP contribution in [0.3, 0.4) is 0 Å². The van der Waals surface area contributed by atoms with Gasteiger partial charge in [-0.1, -0.05) is 43.4 Å². The van der Waals surface area contributed by atoms with Gasteiger partial charge in [0.05, 0.1) is 25.5 Å². The van der Waals surface area contributed by atoms with Gasteiger partial charge in [0, 0.05) is 33.2 Å². The van der Waals surface area contributed by atoms with Crippen LogP contribution in [0.4, 0.5) is 10.5 Å². The lowest BCUT2D eigenvalue weighted by Gasteiger charge is -2.29. The molecule has 0 N–H and O–H groups in total. The number of carbonyl (C=O) groups excluding carboxylic acids is 3. The predicted octanol–water partition coefficient (Wildman–Crippen LogP) is 6.77. The Morgan fingerprint density at radius 3 is 2.33 bits per heavy atom. The first kappa shape index (κ1) is 42.3. The van der Waals surface area contributed by atoms with Gasteiger partial charge in [0.2, 0.25) is 5.91 Å². The first-order valence-corrected chi connectivity index (χ1v) is 18.1. The monoisotopic (exact) mass is 752 g/mol. The molecule has 5 atom stereocenters. The maximum Gasteiger partial charge on any atom is 0.415 e. The van der Waals surface area contributed by atoms with Gasteiger partial charge in [0.1, 0.15) is 47.5 Å². The molecule has 2 aromatic carbocycles. The van der Waals surface area contributed by atoms with Crippen LogP contribution in [0.5, 0.6) is 11.5 Å². The summed E-state index contributed by atoms with van der Waals surface area (Å²) in [5, 5.41) is 0. The molecule has 4 rings (SSSR count). The molecule has 0 radical (unpaired) electrons. The topological polar surface area (TPSA) is 132 Å². The smallest absolute Gasteiger partial charge is 0.415 e. The zero-order valence-corrected chi connectivity index (χ0v) is 33.4. The second-order valence-electron chi connectivity index (χ2n) is 15.1. The summed E-state index contributed by atoms with van der Waals surface area (Å²) in [5.41, 5.74) is 0.869. The van der Waals surface area contributed by atoms with Gasteiger partial charge in [0.25, 0.3) is 0 Å². The molecule has 2 heterocycles. The molecule has 0 aliphatic carbocycles. The van der Waals surface area contributed by atoms with Crippen molar-refractivity contribution < 1.29 is 52.3 Å². The number of cyclic esters (lactones) is 1. The van der Waals surface area contributed by atoms with Gasteiger partial charge >= 0.3 is 12.1 Å². The Labute approximate surface area is 319 Å². The van der Waals surface area contributed by atoms with Crippen LogP contribution in [0.25, 0.3) is 6.08 Å². The zero-order valence-electron chi connectivity index (χ0n) is 33.4. The van der Waals surface area contributed by atoms with Gasteiger partial charge < -0.3 is 42.8 Å². The van der Waals surface area contributed by atoms with Crippen LogP contribution in [0.2, 0.25) is 0 Å². The van der Waals surface area contributed by atoms with Gasteiger partial charge in [-0.25, -0.2) is 9.59 Å². The van der Waals surface area contributed by atoms with Gasteiger partial charge in [0.15, 0.2) is 12.6 Å². The van der Waals surface area contributed by atoms with E-state index in [1.54, 1.807) is 54.1 Å². The highest BCUT2D eigenvalue weighted by Crippen LogP contribution is 2.36. The molecular formula is C41H56N2O11. The van der Waals surface area contributed by atoms with Crippen LogP contribution in [0.15, 0.2) is 54.6 Å². The number of likely N-dealkylation sites (N-methyl/N-ethyl adjacent to an activating group) is 1. The molecule has 2 amide bonds. The van der Waals surface area contributed by atoms with E-state index in [2.05, 4.69) is 0 Å². The minimum Gasteiger partial charge on any atom is -0.497 e. The third kappa shape index (κ3) is 11.5. The van der Waals surface area contributed by atoms with E-state index in [0.717, 1.165) is 11.3 Å². The highest BCUT2D eigenvalue weighted by Gasteiger charge is 2.44. The molecule has 13 heteroatoms. The van der Waals surface area contributed by atoms with E-state index < -0.39 is 47.9 Å². The summed E-state index contributed by atoms with van der Waals surface area (Å²) in [4.78, 5) is 43.3. The Morgan fingerprint density at radius 1 is 1.00 bits per heavy atom. The fraction of sp³-hybridized carbons (Fsp3) is 0.537. The second kappa shape index (κ2) is 18.3. The standard InChI is InChI=1S/C41H56N2O11/c1-26-15-20-32(49-24-28-16-18-31(48-11)19-17-28)37-33(52-41(6,7)53-37)14-12-13-29-21-30(22-34(50-25-47-10)36(29)38(45)51-27(26)2)43(23-35(44)42(8)9)39(46)54-40(3,4)5/h12-13,15-22,26-27,32-33,37H,14,23-25H2,1-11H3/b13-12?,20-15-/t26-,27+,32-,33+,37-/m1/s1. The number of fused-ring (bicyclic) bond motifs is 2. The van der Waals surface area contributed by atoms with Crippen LogP contribution in [0, 0.1) is 5.92 Å². The number of carbonyl (C=O) groups is 3. The van der Waals surface area contributed by atoms with E-state index in [9.17, 15) is 14.4 Å². The zero-order chi connectivity index (χ0) is 39.8. The van der Waals surface area contributed by atoms with Crippen LogP contribution >= 0.6 is 0 Å². The molecule has 1 saturated heterocycles. The lowest BCUT2D eigenvalue weighted by atomic mass is 9.98. The largest absolute Gasteiger partial charge is 0.497 e. The van der Waals surface area contributed by atoms with Crippen molar-refractivity contribution in [3.05, 3.63) is 71.3 Å². The number of amides is 2. The Bertz CT molecular complexity index is 1660. The van der Waals surface area contributed by atoms with Gasteiger partial charge in [-0.05, 0) is 77.3 Å². The van der Waals surface area contributed by atoms with Gasteiger partial charge in [-0.2, -0.15) is 0 Å². The van der Waals surface area contributed by atoms with Crippen molar-refractivity contribution in [2.75, 3.05) is 46.6 Å². The fourth-order valence-electron chi connectivity index (χ4n) is 5.82. The number of benzene rings is 2. The number of methoxy groups -OCH3 is 2. The second-order valence-corrected chi connectivity index (χ2v) is 15.1. The number of esters is 1. The summed E-state index contributed by atoms with van der Waals surface area (Å²) in [6.45, 7) is 12.5. The van der Waals surface area contributed by atoms with Gasteiger partial charge in [-0.15, -0.1) is 0 Å². The Hall–Kier alpha value is -4.43. The molecule has 0 unspecified atom stereocenters. The van der Waals surface area contributed by atoms with Crippen molar-refractivity contribution in [1.29, 1.82) is 0 Å². The van der Waals surface area contributed by atoms with E-state index in [0.29, 0.717) is 18.6 Å². The molecule has 0 spiro atoms. The van der Waals surface area contributed by atoms with Crippen LogP contribution < -0.4 is 14.4 Å². The number of nitrogens with zero attached hydrogens (tertiary/aromatic N) is 2. The summed E-state index contributed by atoms with van der Waals surface area (Å²) >= 11 is 0. The van der Waals surface area contributed by atoms with Crippen molar-refractivity contribution in [3.63, 3.8) is 0 Å². The lowest BCUT2D eigenvalue weighted by Crippen LogP contribution is -2.43. The number of rotatable bonds is 10. The van der Waals surface area contributed by atoms with Crippen molar-refractivity contribution >= 4 is 29.7 Å². The van der Waals surface area contributed by atoms with Crippen molar-refractivity contribution in [2.24, 2.45) is 5.92 Å². The van der Waals surface area contributed by atoms with Crippen LogP contribution in [-0.4, -0.2) is 100 Å². The normalized spacial score (nSPS) is 23.2. The summed E-state index contributed by atoms with van der Waals surface area (Å²) in [7, 11) is 6.27. The Balaban J connectivity index is 1.81. The number of hydrogen-bond acceptors (Lipinski definition) is 11. The van der Waals surface area contributed by atoms with E-state index in [-0.39, 0.29) is 42.2 Å². The summed E-state index contributed by atoms with van der Waals surface area (Å²) in [6, 6.07) is 10.8. The molecule has 0 bridgehead atoms. The van der Waals surface area contributed by atoms with E-state index in [1.165, 1.54) is 23.0 Å². The van der Waals surface area contributed by atoms with Crippen molar-refractivity contribution in [3.8, 4) is 11.5 Å². The molecule has 54 heavy (non-hydrogen) atoms. The average Bonchev–Trinajstić information content (AvgIpc) is 3.41. The van der Waals surface area contributed by atoms with Gasteiger partial charge in [-0.3, -0.25) is 9.69 Å². The van der Waals surface area contributed by atoms with Crippen LogP contribution in [-0.2, 0) is 39.8 Å². The molecule has 0 saturated carbocycles. The Morgan fingerprint density at radius 2 is 1.70 bits per heavy atom. The van der Waals surface area contributed by atoms with Crippen molar-refractivity contribution in [1.82, 2.24) is 4.90 Å². The maximum atomic E-state index is 14.1. The third-order valence-electron chi connectivity index (χ3n) is 8.82. The summed E-state index contributed by atoms with van der Waals surface area (Å²) in [5.74, 6) is -1.28. The van der Waals surface area contributed by atoms with Crippen molar-refractivity contribution in [2.45, 2.75) is 97.3 Å². The number of hydrogen-bond donors (Lipinski definition) is 0. The maximum absolute atomic E-state index is 14.1. The molecule has 13 nitrogen and oxygen atoms in total. The molecule has 1 fully saturated rings. The Kier molecular flexibility index (Phi) is 14.3. The van der Waals surface area contributed by atoms with E-state index in [1.807, 2.05) is 70.2 Å². The summed E-state index contributed by atoms with van der Waals surface area (Å²) in [6.07, 6.45) is 5.13. The predicted molar refractivity (Wildman–Crippen MR) is 203 cm³/mol. The first-order valence-electron chi connectivity index (χ1n) is 18.1. The SMILES string of the molecule is COCOc1cc(N(CC(=O)N(C)C)C(=O)OC(C)(C)C)cc2c1C(=O)O[C@@H](C)[C@H](C)/C=C\[C@@H](OCc1ccc(OC)cc1)[C@H]1OC(C)(C)O[C@H]1CC=C2. The molecule has 0 aromatic heterocycles. The molecule has 2 aromatic rings. The van der Waals surface area contributed by atoms with E-state index in [4.69, 9.17) is 37.9 Å². The molecule has 2 aliphatic rings. The first-order chi connectivity index (χ1) is 25.4. The highest BCUT2D eigenvalue weighted by molar-refractivity contribution is 6.00. The van der Waals surface area contributed by atoms with Crippen LogP contribution in [0.1, 0.15) is 76.4 Å². The highest BCUT2D eigenvalue weighted by atomic mass is 16.8. The fourth-order valence-corrected chi connectivity index (χ4v) is 5.82. The summed E-state index contributed by atoms with van der Waals surface area (Å²) < 4.78 is 47.6. The molecular weight excluding hydrogens is 696 g/mol. The number of anilines is 1. The minimum absolute atomic E-state index is 0.0961. The lowest BCUT2D eigenvalue weighted by molar-refractivity contribution is -0.156. The third-order valence-corrected chi connectivity index (χ3v) is 8.82. The molecule has 2 aliphatic heterocycles. The quantitative estimate of drug-likeness (QED) is 0.145. The van der Waals surface area contributed by atoms with E-state index >= 15 is 0 Å². The average molecular weight is 753 g/mol. The minimum atomic E-state index is -0.899. The molecule has 296 valence electrons. The number of ether oxygens (including phenoxy) is 8.